The molecule has 5 heteroatoms. The van der Waals surface area contributed by atoms with Crippen molar-refractivity contribution in [2.24, 2.45) is 0 Å². The summed E-state index contributed by atoms with van der Waals surface area (Å²) in [6.45, 7) is 0. The number of fused-ring (bicyclic) bond motifs is 1. The van der Waals surface area contributed by atoms with E-state index in [1.165, 1.54) is 0 Å². The van der Waals surface area contributed by atoms with Crippen LogP contribution < -0.4 is 9.84 Å². The molecule has 0 aromatic heterocycles. The Bertz CT molecular complexity index is 613. The second-order valence-electron chi connectivity index (χ2n) is 4.10. The van der Waals surface area contributed by atoms with Crippen LogP contribution in [0.25, 0.3) is 10.8 Å². The van der Waals surface area contributed by atoms with Gasteiger partial charge in [-0.25, -0.2) is 0 Å². The molecule has 3 nitrogen and oxygen atoms in total. The fourth-order valence-corrected chi connectivity index (χ4v) is 2.64. The van der Waals surface area contributed by atoms with Gasteiger partial charge in [0.15, 0.2) is 0 Å². The zero-order chi connectivity index (χ0) is 14.0. The number of halogens is 2. The Labute approximate surface area is 127 Å². The highest BCUT2D eigenvalue weighted by molar-refractivity contribution is 9.12. The van der Waals surface area contributed by atoms with Gasteiger partial charge in [-0.2, -0.15) is 0 Å². The van der Waals surface area contributed by atoms with Crippen molar-refractivity contribution in [1.82, 2.24) is 0 Å². The molecule has 2 unspecified atom stereocenters. The Morgan fingerprint density at radius 2 is 1.79 bits per heavy atom. The zero-order valence-electron chi connectivity index (χ0n) is 10.1. The summed E-state index contributed by atoms with van der Waals surface area (Å²) >= 11 is 6.48. The lowest BCUT2D eigenvalue weighted by molar-refractivity contribution is -0.304. The summed E-state index contributed by atoms with van der Waals surface area (Å²) in [4.78, 5) is 9.74. The second-order valence-corrected chi connectivity index (χ2v) is 6.07. The van der Waals surface area contributed by atoms with Gasteiger partial charge in [-0.3, -0.25) is 0 Å². The summed E-state index contributed by atoms with van der Waals surface area (Å²) in [5.41, 5.74) is 0.878. The second kappa shape index (κ2) is 5.92. The van der Waals surface area contributed by atoms with Gasteiger partial charge in [0.2, 0.25) is 0 Å². The van der Waals surface area contributed by atoms with Crippen LogP contribution in [0.1, 0.15) is 10.4 Å². The molecule has 100 valence electrons. The van der Waals surface area contributed by atoms with Crippen LogP contribution in [0.2, 0.25) is 0 Å². The van der Waals surface area contributed by atoms with Crippen molar-refractivity contribution in [3.8, 4) is 5.75 Å². The number of carboxylic acid groups (broad SMARTS) is 1. The first-order valence-electron chi connectivity index (χ1n) is 5.59. The van der Waals surface area contributed by atoms with Gasteiger partial charge in [-0.1, -0.05) is 50.1 Å². The van der Waals surface area contributed by atoms with Gasteiger partial charge in [-0.15, -0.1) is 0 Å². The number of carboxylic acids is 1. The standard InChI is InChI=1S/C14H12Br2O3/c1-19-11-5-4-8-6-10(3-2-9(8)7-11)12(15)13(16)14(17)18/h2-7,12-13H,1H3,(H,17,18)/p-1. The third-order valence-corrected chi connectivity index (χ3v) is 5.54. The van der Waals surface area contributed by atoms with Crippen molar-refractivity contribution < 1.29 is 14.6 Å². The van der Waals surface area contributed by atoms with Crippen LogP contribution in [0, 0.1) is 0 Å². The largest absolute Gasteiger partial charge is 0.549 e. The zero-order valence-corrected chi connectivity index (χ0v) is 13.3. The van der Waals surface area contributed by atoms with Crippen molar-refractivity contribution in [1.29, 1.82) is 0 Å². The molecule has 0 aliphatic carbocycles. The molecule has 0 aliphatic heterocycles. The Morgan fingerprint density at radius 3 is 2.42 bits per heavy atom. The minimum atomic E-state index is -1.14. The van der Waals surface area contributed by atoms with Crippen molar-refractivity contribution >= 4 is 48.6 Å². The smallest absolute Gasteiger partial charge is 0.119 e. The molecule has 0 bridgehead atoms. The number of hydrogen-bond acceptors (Lipinski definition) is 3. The lowest BCUT2D eigenvalue weighted by atomic mass is 10.0. The van der Waals surface area contributed by atoms with Crippen LogP contribution >= 0.6 is 31.9 Å². The number of alkyl halides is 2. The molecule has 0 N–H and O–H groups in total. The molecule has 0 radical (unpaired) electrons. The van der Waals surface area contributed by atoms with E-state index in [0.717, 1.165) is 22.1 Å². The molecule has 0 heterocycles. The molecule has 2 aromatic rings. The van der Waals surface area contributed by atoms with Gasteiger partial charge in [0.1, 0.15) is 5.75 Å². The topological polar surface area (TPSA) is 49.4 Å². The fraction of sp³-hybridized carbons (Fsp3) is 0.214. The summed E-state index contributed by atoms with van der Waals surface area (Å²) in [6.07, 6.45) is 0. The summed E-state index contributed by atoms with van der Waals surface area (Å²) in [5.74, 6) is -0.347. The highest BCUT2D eigenvalue weighted by Crippen LogP contribution is 2.33. The number of ether oxygens (including phenoxy) is 1. The summed E-state index contributed by atoms with van der Waals surface area (Å²) in [6, 6.07) is 11.5. The lowest BCUT2D eigenvalue weighted by Crippen LogP contribution is -2.34. The molecule has 0 saturated carbocycles. The molecule has 2 rings (SSSR count). The molecular weight excluding hydrogens is 376 g/mol. The average Bonchev–Trinajstić information content (AvgIpc) is 2.44. The molecule has 0 spiro atoms. The average molecular weight is 387 g/mol. The van der Waals surface area contributed by atoms with E-state index < -0.39 is 10.8 Å². The maximum atomic E-state index is 10.9. The van der Waals surface area contributed by atoms with Gasteiger partial charge in [0.25, 0.3) is 0 Å². The first-order chi connectivity index (χ1) is 9.02. The van der Waals surface area contributed by atoms with Crippen LogP contribution in [0.15, 0.2) is 36.4 Å². The van der Waals surface area contributed by atoms with Crippen LogP contribution in [0.5, 0.6) is 5.75 Å². The number of methoxy groups -OCH3 is 1. The highest BCUT2D eigenvalue weighted by Gasteiger charge is 2.19. The third kappa shape index (κ3) is 3.09. The number of rotatable bonds is 4. The molecule has 0 fully saturated rings. The number of benzene rings is 2. The van der Waals surface area contributed by atoms with Crippen LogP contribution in [0.4, 0.5) is 0 Å². The summed E-state index contributed by atoms with van der Waals surface area (Å²) in [7, 11) is 1.62. The number of aliphatic carboxylic acids is 1. The third-order valence-electron chi connectivity index (χ3n) is 2.87. The minimum absolute atomic E-state index is 0.344. The Balaban J connectivity index is 2.39. The quantitative estimate of drug-likeness (QED) is 0.759. The molecule has 0 saturated heterocycles. The van der Waals surface area contributed by atoms with Gasteiger partial charge >= 0.3 is 0 Å². The van der Waals surface area contributed by atoms with E-state index in [1.54, 1.807) is 7.11 Å². The monoisotopic (exact) mass is 385 g/mol. The number of hydrogen-bond donors (Lipinski definition) is 0. The van der Waals surface area contributed by atoms with E-state index >= 15 is 0 Å². The molecule has 0 aliphatic rings. The van der Waals surface area contributed by atoms with E-state index in [4.69, 9.17) is 4.74 Å². The predicted molar refractivity (Wildman–Crippen MR) is 79.9 cm³/mol. The SMILES string of the molecule is COc1ccc2cc(C(Br)C(Br)C(=O)[O-])ccc2c1. The van der Waals surface area contributed by atoms with Crippen LogP contribution in [-0.2, 0) is 4.79 Å². The Morgan fingerprint density at radius 1 is 1.16 bits per heavy atom. The van der Waals surface area contributed by atoms with Gasteiger partial charge in [-0.05, 0) is 34.5 Å². The van der Waals surface area contributed by atoms with Crippen LogP contribution in [-0.4, -0.2) is 17.9 Å². The van der Waals surface area contributed by atoms with Gasteiger partial charge in [0.05, 0.1) is 22.7 Å². The summed E-state index contributed by atoms with van der Waals surface area (Å²) in [5, 5.41) is 12.9. The molecule has 0 amide bonds. The molecular formula is C14H11Br2O3-. The maximum Gasteiger partial charge on any atom is 0.119 e. The highest BCUT2D eigenvalue weighted by atomic mass is 79.9. The Kier molecular flexibility index (Phi) is 4.47. The van der Waals surface area contributed by atoms with E-state index in [-0.39, 0.29) is 4.83 Å². The first-order valence-corrected chi connectivity index (χ1v) is 7.43. The van der Waals surface area contributed by atoms with E-state index in [9.17, 15) is 9.90 Å². The molecule has 2 aromatic carbocycles. The van der Waals surface area contributed by atoms with Crippen molar-refractivity contribution in [2.45, 2.75) is 9.65 Å². The minimum Gasteiger partial charge on any atom is -0.549 e. The maximum absolute atomic E-state index is 10.9. The normalized spacial score (nSPS) is 14.1. The summed E-state index contributed by atoms with van der Waals surface area (Å²) < 4.78 is 5.17. The van der Waals surface area contributed by atoms with E-state index in [2.05, 4.69) is 31.9 Å². The molecule has 2 atom stereocenters. The van der Waals surface area contributed by atoms with E-state index in [0.29, 0.717) is 0 Å². The van der Waals surface area contributed by atoms with Crippen molar-refractivity contribution in [3.63, 3.8) is 0 Å². The number of carbonyl (C=O) groups is 1. The predicted octanol–water partition coefficient (Wildman–Crippen LogP) is 2.80. The fourth-order valence-electron chi connectivity index (χ4n) is 1.83. The van der Waals surface area contributed by atoms with Crippen molar-refractivity contribution in [2.75, 3.05) is 7.11 Å². The van der Waals surface area contributed by atoms with Crippen LogP contribution in [0.3, 0.4) is 0 Å². The first kappa shape index (κ1) is 14.3. The lowest BCUT2D eigenvalue weighted by Gasteiger charge is -2.18. The van der Waals surface area contributed by atoms with E-state index in [1.807, 2.05) is 36.4 Å². The molecule has 19 heavy (non-hydrogen) atoms. The Hall–Kier alpha value is -1.07. The van der Waals surface area contributed by atoms with Gasteiger partial charge < -0.3 is 14.6 Å². The van der Waals surface area contributed by atoms with Gasteiger partial charge in [0, 0.05) is 0 Å². The van der Waals surface area contributed by atoms with Crippen molar-refractivity contribution in [3.05, 3.63) is 42.0 Å². The number of carbonyl (C=O) groups excluding carboxylic acids is 1.